The molecule has 1 N–H and O–H groups in total. The number of morpholine rings is 1. The lowest BCUT2D eigenvalue weighted by Crippen LogP contribution is -2.48. The maximum absolute atomic E-state index is 12.9. The number of carbonyl (C=O) groups is 1. The number of sulfonamides is 1. The van der Waals surface area contributed by atoms with Crippen LogP contribution in [0.2, 0.25) is 0 Å². The largest absolute Gasteiger partial charge is 0.373 e. The molecule has 170 valence electrons. The Morgan fingerprint density at radius 3 is 2.48 bits per heavy atom. The van der Waals surface area contributed by atoms with E-state index in [1.165, 1.54) is 16.4 Å². The molecule has 0 spiro atoms. The van der Waals surface area contributed by atoms with Crippen molar-refractivity contribution in [3.8, 4) is 0 Å². The lowest BCUT2D eigenvalue weighted by molar-refractivity contribution is -0.117. The Morgan fingerprint density at radius 2 is 1.90 bits per heavy atom. The van der Waals surface area contributed by atoms with Gasteiger partial charge in [0.1, 0.15) is 0 Å². The highest BCUT2D eigenvalue weighted by atomic mass is 32.2. The van der Waals surface area contributed by atoms with Crippen LogP contribution in [0.1, 0.15) is 31.5 Å². The quantitative estimate of drug-likeness (QED) is 0.643. The number of thiazole rings is 1. The number of hydrogen-bond acceptors (Lipinski definition) is 7. The fraction of sp³-hybridized carbons (Fsp3) is 0.524. The molecule has 2 heterocycles. The van der Waals surface area contributed by atoms with Crippen LogP contribution in [0.3, 0.4) is 0 Å². The van der Waals surface area contributed by atoms with Crippen molar-refractivity contribution in [3.63, 3.8) is 0 Å². The van der Waals surface area contributed by atoms with E-state index in [0.29, 0.717) is 25.3 Å². The van der Waals surface area contributed by atoms with Gasteiger partial charge < -0.3 is 10.1 Å². The highest BCUT2D eigenvalue weighted by Crippen LogP contribution is 2.22. The van der Waals surface area contributed by atoms with E-state index in [4.69, 9.17) is 4.74 Å². The number of carbonyl (C=O) groups excluding carboxylic acids is 1. The zero-order chi connectivity index (χ0) is 22.6. The Kier molecular flexibility index (Phi) is 7.82. The second-order valence-electron chi connectivity index (χ2n) is 7.91. The van der Waals surface area contributed by atoms with Gasteiger partial charge in [-0.3, -0.25) is 9.69 Å². The molecule has 0 bridgehead atoms. The first kappa shape index (κ1) is 23.8. The molecule has 31 heavy (non-hydrogen) atoms. The number of aromatic nitrogens is 1. The maximum atomic E-state index is 12.9. The van der Waals surface area contributed by atoms with Crippen LogP contribution in [0.15, 0.2) is 34.5 Å². The number of nitrogens with zero attached hydrogens (tertiary/aromatic N) is 3. The first-order chi connectivity index (χ1) is 14.7. The van der Waals surface area contributed by atoms with Gasteiger partial charge in [-0.05, 0) is 51.6 Å². The first-order valence-corrected chi connectivity index (χ1v) is 12.7. The average molecular weight is 467 g/mol. The molecule has 0 radical (unpaired) electrons. The second kappa shape index (κ2) is 10.2. The van der Waals surface area contributed by atoms with Gasteiger partial charge in [0.15, 0.2) is 0 Å². The summed E-state index contributed by atoms with van der Waals surface area (Å²) < 4.78 is 32.9. The van der Waals surface area contributed by atoms with Crippen LogP contribution in [-0.2, 0) is 32.5 Å². The van der Waals surface area contributed by atoms with Crippen molar-refractivity contribution >= 4 is 33.0 Å². The Bertz CT molecular complexity index is 981. The van der Waals surface area contributed by atoms with Crippen molar-refractivity contribution in [3.05, 3.63) is 40.3 Å². The molecule has 2 unspecified atom stereocenters. The topological polar surface area (TPSA) is 91.8 Å². The molecule has 8 nitrogen and oxygen atoms in total. The van der Waals surface area contributed by atoms with E-state index in [-0.39, 0.29) is 29.6 Å². The summed E-state index contributed by atoms with van der Waals surface area (Å²) in [6, 6.07) is 6.29. The SMILES string of the molecule is CCc1nc(CN(C)CC(=O)Nc2ccc(S(=O)(=O)N3CC(C)OC(C)C3)cc2)cs1. The molecule has 1 aromatic heterocycles. The summed E-state index contributed by atoms with van der Waals surface area (Å²) in [6.45, 7) is 7.26. The van der Waals surface area contributed by atoms with Gasteiger partial charge in [0.2, 0.25) is 15.9 Å². The number of benzene rings is 1. The number of rotatable bonds is 8. The van der Waals surface area contributed by atoms with Crippen molar-refractivity contribution in [2.45, 2.75) is 50.8 Å². The minimum absolute atomic E-state index is 0.146. The van der Waals surface area contributed by atoms with Gasteiger partial charge in [-0.1, -0.05) is 6.92 Å². The van der Waals surface area contributed by atoms with Crippen molar-refractivity contribution in [1.29, 1.82) is 0 Å². The predicted molar refractivity (Wildman–Crippen MR) is 122 cm³/mol. The van der Waals surface area contributed by atoms with E-state index >= 15 is 0 Å². The molecule has 1 aliphatic rings. The molecule has 2 aromatic rings. The Labute approximate surface area is 188 Å². The molecule has 2 atom stereocenters. The molecule has 10 heteroatoms. The van der Waals surface area contributed by atoms with Crippen molar-refractivity contribution in [1.82, 2.24) is 14.2 Å². The molecule has 0 saturated carbocycles. The highest BCUT2D eigenvalue weighted by Gasteiger charge is 2.32. The average Bonchev–Trinajstić information content (AvgIpc) is 3.15. The molecule has 1 aliphatic heterocycles. The number of nitrogens with one attached hydrogen (secondary N) is 1. The van der Waals surface area contributed by atoms with Crippen LogP contribution in [0.25, 0.3) is 0 Å². The van der Waals surface area contributed by atoms with Gasteiger partial charge in [0, 0.05) is 30.7 Å². The first-order valence-electron chi connectivity index (χ1n) is 10.3. The number of hydrogen-bond donors (Lipinski definition) is 1. The molecule has 3 rings (SSSR count). The minimum atomic E-state index is -3.60. The molecular formula is C21H30N4O4S2. The fourth-order valence-electron chi connectivity index (χ4n) is 3.55. The third-order valence-corrected chi connectivity index (χ3v) is 7.80. The van der Waals surface area contributed by atoms with E-state index in [1.807, 2.05) is 31.2 Å². The van der Waals surface area contributed by atoms with Crippen LogP contribution in [0, 0.1) is 0 Å². The molecule has 1 saturated heterocycles. The van der Waals surface area contributed by atoms with E-state index in [2.05, 4.69) is 17.2 Å². The summed E-state index contributed by atoms with van der Waals surface area (Å²) in [5, 5.41) is 5.92. The normalized spacial score (nSPS) is 20.2. The monoisotopic (exact) mass is 466 g/mol. The Hall–Kier alpha value is -1.85. The Morgan fingerprint density at radius 1 is 1.26 bits per heavy atom. The summed E-state index contributed by atoms with van der Waals surface area (Å²) >= 11 is 1.63. The molecule has 0 aliphatic carbocycles. The van der Waals surface area contributed by atoms with E-state index in [0.717, 1.165) is 17.1 Å². The number of anilines is 1. The van der Waals surface area contributed by atoms with Gasteiger partial charge >= 0.3 is 0 Å². The smallest absolute Gasteiger partial charge is 0.243 e. The predicted octanol–water partition coefficient (Wildman–Crippen LogP) is 2.57. The molecule has 1 fully saturated rings. The third-order valence-electron chi connectivity index (χ3n) is 4.91. The van der Waals surface area contributed by atoms with Gasteiger partial charge in [-0.15, -0.1) is 11.3 Å². The lowest BCUT2D eigenvalue weighted by Gasteiger charge is -2.34. The third kappa shape index (κ3) is 6.33. The minimum Gasteiger partial charge on any atom is -0.373 e. The summed E-state index contributed by atoms with van der Waals surface area (Å²) in [5.74, 6) is -0.167. The van der Waals surface area contributed by atoms with Gasteiger partial charge in [0.05, 0.1) is 34.3 Å². The van der Waals surface area contributed by atoms with Crippen LogP contribution < -0.4 is 5.32 Å². The highest BCUT2D eigenvalue weighted by molar-refractivity contribution is 7.89. The number of ether oxygens (including phenoxy) is 1. The number of aryl methyl sites for hydroxylation is 1. The van der Waals surface area contributed by atoms with Crippen LogP contribution in [0.4, 0.5) is 5.69 Å². The summed E-state index contributed by atoms with van der Waals surface area (Å²) in [7, 11) is -1.73. The van der Waals surface area contributed by atoms with Crippen molar-refractivity contribution in [2.75, 3.05) is 32.0 Å². The maximum Gasteiger partial charge on any atom is 0.243 e. The lowest BCUT2D eigenvalue weighted by atomic mass is 10.3. The number of likely N-dealkylation sites (N-methyl/N-ethyl adjacent to an activating group) is 1. The molecular weight excluding hydrogens is 436 g/mol. The van der Waals surface area contributed by atoms with E-state index in [1.54, 1.807) is 23.5 Å². The summed E-state index contributed by atoms with van der Waals surface area (Å²) in [4.78, 5) is 19.0. The molecule has 1 amide bonds. The van der Waals surface area contributed by atoms with Gasteiger partial charge in [-0.2, -0.15) is 4.31 Å². The van der Waals surface area contributed by atoms with Crippen LogP contribution >= 0.6 is 11.3 Å². The zero-order valence-corrected chi connectivity index (χ0v) is 20.0. The Balaban J connectivity index is 1.56. The van der Waals surface area contributed by atoms with Crippen LogP contribution in [0.5, 0.6) is 0 Å². The zero-order valence-electron chi connectivity index (χ0n) is 18.4. The van der Waals surface area contributed by atoms with Crippen molar-refractivity contribution < 1.29 is 17.9 Å². The summed E-state index contributed by atoms with van der Waals surface area (Å²) in [5.41, 5.74) is 1.52. The number of amides is 1. The van der Waals surface area contributed by atoms with Gasteiger partial charge in [0.25, 0.3) is 0 Å². The summed E-state index contributed by atoms with van der Waals surface area (Å²) in [6.07, 6.45) is 0.614. The van der Waals surface area contributed by atoms with E-state index < -0.39 is 10.0 Å². The molecule has 1 aromatic carbocycles. The standard InChI is InChI=1S/C21H30N4O4S2/c1-5-21-23-18(14-30-21)12-24(4)13-20(26)22-17-6-8-19(9-7-17)31(27,28)25-10-15(2)29-16(3)11-25/h6-9,14-16H,5,10-13H2,1-4H3,(H,22,26). The van der Waals surface area contributed by atoms with Gasteiger partial charge in [-0.25, -0.2) is 13.4 Å². The van der Waals surface area contributed by atoms with E-state index in [9.17, 15) is 13.2 Å². The second-order valence-corrected chi connectivity index (χ2v) is 10.8. The van der Waals surface area contributed by atoms with Crippen molar-refractivity contribution in [2.24, 2.45) is 0 Å². The fourth-order valence-corrected chi connectivity index (χ4v) is 5.87. The van der Waals surface area contributed by atoms with Crippen LogP contribution in [-0.4, -0.2) is 67.4 Å².